The van der Waals surface area contributed by atoms with Crippen LogP contribution in [-0.4, -0.2) is 11.1 Å². The van der Waals surface area contributed by atoms with Gasteiger partial charge in [-0.25, -0.2) is 4.79 Å². The molecule has 1 aromatic heterocycles. The van der Waals surface area contributed by atoms with E-state index in [-0.39, 0.29) is 4.88 Å². The number of carboxylic acid groups (broad SMARTS) is 1. The van der Waals surface area contributed by atoms with Crippen LogP contribution in [0.15, 0.2) is 30.3 Å². The highest BCUT2D eigenvalue weighted by atomic mass is 32.1. The van der Waals surface area contributed by atoms with Crippen molar-refractivity contribution in [2.75, 3.05) is 0 Å². The normalized spacial score (nSPS) is 11.6. The molecule has 1 aromatic carbocycles. The summed E-state index contributed by atoms with van der Waals surface area (Å²) in [6.45, 7) is 1.73. The van der Waals surface area contributed by atoms with Crippen LogP contribution in [0.25, 0.3) is 10.4 Å². The van der Waals surface area contributed by atoms with Crippen LogP contribution in [0, 0.1) is 6.92 Å². The number of benzene rings is 1. The number of alkyl halides is 3. The molecule has 1 heterocycles. The van der Waals surface area contributed by atoms with Gasteiger partial charge in [-0.3, -0.25) is 0 Å². The summed E-state index contributed by atoms with van der Waals surface area (Å²) < 4.78 is 37.3. The lowest BCUT2D eigenvalue weighted by Crippen LogP contribution is -2.03. The van der Waals surface area contributed by atoms with Crippen LogP contribution in [0.1, 0.15) is 20.8 Å². The minimum atomic E-state index is -4.37. The predicted molar refractivity (Wildman–Crippen MR) is 66.5 cm³/mol. The molecule has 0 fully saturated rings. The summed E-state index contributed by atoms with van der Waals surface area (Å²) in [6, 6.07) is 6.21. The second kappa shape index (κ2) is 4.70. The first kappa shape index (κ1) is 13.6. The molecule has 100 valence electrons. The summed E-state index contributed by atoms with van der Waals surface area (Å²) in [5, 5.41) is 8.88. The Morgan fingerprint density at radius 3 is 2.21 bits per heavy atom. The highest BCUT2D eigenvalue weighted by Crippen LogP contribution is 2.35. The second-order valence-corrected chi connectivity index (χ2v) is 5.06. The molecule has 0 atom stereocenters. The van der Waals surface area contributed by atoms with Gasteiger partial charge in [0.2, 0.25) is 0 Å². The largest absolute Gasteiger partial charge is 0.477 e. The Kier molecular flexibility index (Phi) is 3.36. The molecule has 0 saturated heterocycles. The standard InChI is InChI=1S/C13H9F3O2S/c1-7-6-10(12(17)18)19-11(7)8-2-4-9(5-3-8)13(14,15)16/h2-6H,1H3,(H,17,18). The van der Waals surface area contributed by atoms with Crippen molar-refractivity contribution >= 4 is 17.3 Å². The number of halogens is 3. The number of rotatable bonds is 2. The van der Waals surface area contributed by atoms with Gasteiger partial charge in [0.1, 0.15) is 4.88 Å². The first-order valence-corrected chi connectivity index (χ1v) is 6.12. The van der Waals surface area contributed by atoms with Crippen molar-refractivity contribution in [3.63, 3.8) is 0 Å². The number of carbonyl (C=O) groups is 1. The zero-order valence-electron chi connectivity index (χ0n) is 9.78. The molecule has 2 rings (SSSR count). The average Bonchev–Trinajstić information content (AvgIpc) is 2.70. The van der Waals surface area contributed by atoms with E-state index in [1.54, 1.807) is 6.92 Å². The molecule has 6 heteroatoms. The molecule has 0 aliphatic rings. The fraction of sp³-hybridized carbons (Fsp3) is 0.154. The van der Waals surface area contributed by atoms with E-state index < -0.39 is 17.7 Å². The maximum Gasteiger partial charge on any atom is 0.416 e. The van der Waals surface area contributed by atoms with Crippen molar-refractivity contribution in [3.8, 4) is 10.4 Å². The summed E-state index contributed by atoms with van der Waals surface area (Å²) in [4.78, 5) is 11.7. The van der Waals surface area contributed by atoms with Crippen LogP contribution in [0.5, 0.6) is 0 Å². The van der Waals surface area contributed by atoms with Gasteiger partial charge in [0.25, 0.3) is 0 Å². The molecular weight excluding hydrogens is 277 g/mol. The van der Waals surface area contributed by atoms with Gasteiger partial charge >= 0.3 is 12.1 Å². The lowest BCUT2D eigenvalue weighted by atomic mass is 10.1. The Balaban J connectivity index is 2.40. The Labute approximate surface area is 111 Å². The number of aryl methyl sites for hydroxylation is 1. The molecular formula is C13H9F3O2S. The van der Waals surface area contributed by atoms with Crippen molar-refractivity contribution in [1.82, 2.24) is 0 Å². The molecule has 0 unspecified atom stereocenters. The summed E-state index contributed by atoms with van der Waals surface area (Å²) in [5.74, 6) is -1.04. The molecule has 2 aromatic rings. The van der Waals surface area contributed by atoms with Crippen LogP contribution in [0.3, 0.4) is 0 Å². The van der Waals surface area contributed by atoms with Crippen molar-refractivity contribution in [1.29, 1.82) is 0 Å². The second-order valence-electron chi connectivity index (χ2n) is 4.00. The van der Waals surface area contributed by atoms with E-state index >= 15 is 0 Å². The molecule has 0 radical (unpaired) electrons. The number of carboxylic acids is 1. The zero-order chi connectivity index (χ0) is 14.2. The fourth-order valence-electron chi connectivity index (χ4n) is 1.68. The molecule has 0 spiro atoms. The van der Waals surface area contributed by atoms with Gasteiger partial charge in [-0.2, -0.15) is 13.2 Å². The Bertz CT molecular complexity index is 612. The van der Waals surface area contributed by atoms with Crippen molar-refractivity contribution in [2.45, 2.75) is 13.1 Å². The van der Waals surface area contributed by atoms with Crippen LogP contribution >= 0.6 is 11.3 Å². The smallest absolute Gasteiger partial charge is 0.416 e. The Morgan fingerprint density at radius 2 is 1.79 bits per heavy atom. The summed E-state index contributed by atoms with van der Waals surface area (Å²) in [7, 11) is 0. The quantitative estimate of drug-likeness (QED) is 0.886. The summed E-state index contributed by atoms with van der Waals surface area (Å²) in [5.41, 5.74) is 0.606. The van der Waals surface area contributed by atoms with Gasteiger partial charge in [-0.05, 0) is 36.2 Å². The third-order valence-electron chi connectivity index (χ3n) is 2.60. The van der Waals surface area contributed by atoms with Gasteiger partial charge in [0.15, 0.2) is 0 Å². The van der Waals surface area contributed by atoms with Crippen molar-refractivity contribution in [3.05, 3.63) is 46.3 Å². The molecule has 1 N–H and O–H groups in total. The first-order valence-electron chi connectivity index (χ1n) is 5.30. The Morgan fingerprint density at radius 1 is 1.21 bits per heavy atom. The Hall–Kier alpha value is -1.82. The SMILES string of the molecule is Cc1cc(C(=O)O)sc1-c1ccc(C(F)(F)F)cc1. The van der Waals surface area contributed by atoms with E-state index in [4.69, 9.17) is 5.11 Å². The van der Waals surface area contributed by atoms with Crippen LogP contribution < -0.4 is 0 Å². The summed E-state index contributed by atoms with van der Waals surface area (Å²) >= 11 is 1.05. The lowest BCUT2D eigenvalue weighted by Gasteiger charge is -2.07. The molecule has 19 heavy (non-hydrogen) atoms. The molecule has 2 nitrogen and oxygen atoms in total. The van der Waals surface area contributed by atoms with Crippen LogP contribution in [0.2, 0.25) is 0 Å². The van der Waals surface area contributed by atoms with E-state index in [0.717, 1.165) is 29.0 Å². The molecule has 0 amide bonds. The van der Waals surface area contributed by atoms with Gasteiger partial charge in [-0.15, -0.1) is 11.3 Å². The molecule has 0 bridgehead atoms. The maximum atomic E-state index is 12.4. The van der Waals surface area contributed by atoms with Crippen molar-refractivity contribution in [2.24, 2.45) is 0 Å². The highest BCUT2D eigenvalue weighted by molar-refractivity contribution is 7.17. The van der Waals surface area contributed by atoms with Gasteiger partial charge in [0, 0.05) is 4.88 Å². The van der Waals surface area contributed by atoms with Gasteiger partial charge in [-0.1, -0.05) is 12.1 Å². The van der Waals surface area contributed by atoms with E-state index in [1.165, 1.54) is 18.2 Å². The minimum Gasteiger partial charge on any atom is -0.477 e. The number of thiophene rings is 1. The van der Waals surface area contributed by atoms with Gasteiger partial charge < -0.3 is 5.11 Å². The number of hydrogen-bond donors (Lipinski definition) is 1. The number of aromatic carboxylic acids is 1. The monoisotopic (exact) mass is 286 g/mol. The van der Waals surface area contributed by atoms with Crippen LogP contribution in [-0.2, 0) is 6.18 Å². The molecule has 0 aliphatic carbocycles. The molecule has 0 aliphatic heterocycles. The van der Waals surface area contributed by atoms with Gasteiger partial charge in [0.05, 0.1) is 5.56 Å². The van der Waals surface area contributed by atoms with Crippen LogP contribution in [0.4, 0.5) is 13.2 Å². The zero-order valence-corrected chi connectivity index (χ0v) is 10.6. The first-order chi connectivity index (χ1) is 8.79. The lowest BCUT2D eigenvalue weighted by molar-refractivity contribution is -0.137. The van der Waals surface area contributed by atoms with E-state index in [1.807, 2.05) is 0 Å². The van der Waals surface area contributed by atoms with E-state index in [9.17, 15) is 18.0 Å². The van der Waals surface area contributed by atoms with E-state index in [2.05, 4.69) is 0 Å². The highest BCUT2D eigenvalue weighted by Gasteiger charge is 2.30. The van der Waals surface area contributed by atoms with Crippen molar-refractivity contribution < 1.29 is 23.1 Å². The molecule has 0 saturated carbocycles. The number of hydrogen-bond acceptors (Lipinski definition) is 2. The third kappa shape index (κ3) is 2.78. The topological polar surface area (TPSA) is 37.3 Å². The maximum absolute atomic E-state index is 12.4. The third-order valence-corrected chi connectivity index (χ3v) is 3.88. The average molecular weight is 286 g/mol. The van der Waals surface area contributed by atoms with E-state index in [0.29, 0.717) is 10.4 Å². The summed E-state index contributed by atoms with van der Waals surface area (Å²) in [6.07, 6.45) is -4.37. The minimum absolute atomic E-state index is 0.174. The predicted octanol–water partition coefficient (Wildman–Crippen LogP) is 4.44. The fourth-order valence-corrected chi connectivity index (χ4v) is 2.70.